The van der Waals surface area contributed by atoms with E-state index in [2.05, 4.69) is 202 Å². The van der Waals surface area contributed by atoms with Crippen molar-refractivity contribution in [3.8, 4) is 17.1 Å². The third kappa shape index (κ3) is 4.45. The molecule has 0 fully saturated rings. The zero-order valence-electron chi connectivity index (χ0n) is 41.6. The van der Waals surface area contributed by atoms with Crippen molar-refractivity contribution in [2.75, 3.05) is 0 Å². The summed E-state index contributed by atoms with van der Waals surface area (Å²) < 4.78 is 8.34. The first-order chi connectivity index (χ1) is 31.1. The van der Waals surface area contributed by atoms with Crippen LogP contribution in [-0.4, -0.2) is 27.1 Å². The van der Waals surface area contributed by atoms with Gasteiger partial charge in [-0.1, -0.05) is 144 Å². The molecule has 324 valence electrons. The van der Waals surface area contributed by atoms with Crippen molar-refractivity contribution in [2.45, 2.75) is 126 Å². The van der Waals surface area contributed by atoms with Gasteiger partial charge in [0, 0.05) is 71.4 Å². The Bertz CT molecular complexity index is 3750. The van der Waals surface area contributed by atoms with Gasteiger partial charge in [-0.3, -0.25) is 0 Å². The van der Waals surface area contributed by atoms with E-state index in [-0.39, 0.29) is 35.1 Å². The van der Waals surface area contributed by atoms with Crippen LogP contribution in [0.1, 0.15) is 122 Å². The highest BCUT2D eigenvalue weighted by atomic mass is 15.1. The Morgan fingerprint density at radius 2 is 0.621 bits per heavy atom. The third-order valence-electron chi connectivity index (χ3n) is 16.9. The minimum atomic E-state index is -0.0477. The normalized spacial score (nSPS) is 14.8. The van der Waals surface area contributed by atoms with E-state index in [1.807, 2.05) is 0 Å². The number of aryl methyl sites for hydroxylation is 2. The zero-order valence-corrected chi connectivity index (χ0v) is 41.6. The molecule has 0 saturated carbocycles. The van der Waals surface area contributed by atoms with E-state index >= 15 is 0 Å². The Morgan fingerprint density at radius 3 is 0.924 bits per heavy atom. The van der Waals surface area contributed by atoms with Crippen LogP contribution < -0.4 is 32.8 Å². The Balaban J connectivity index is 1.32. The molecule has 10 aromatic rings. The van der Waals surface area contributed by atoms with Crippen molar-refractivity contribution in [2.24, 2.45) is 0 Å². The van der Waals surface area contributed by atoms with Crippen LogP contribution in [-0.2, 0) is 21.7 Å². The van der Waals surface area contributed by atoms with E-state index in [9.17, 15) is 0 Å². The summed E-state index contributed by atoms with van der Waals surface area (Å²) in [7, 11) is 0. The largest absolute Gasteiger partial charge is 0.311 e. The lowest BCUT2D eigenvalue weighted by atomic mass is 9.29. The fourth-order valence-electron chi connectivity index (χ4n) is 13.6. The van der Waals surface area contributed by atoms with E-state index in [1.54, 1.807) is 0 Å². The molecule has 0 atom stereocenters. The molecular weight excluding hydrogens is 796 g/mol. The molecule has 0 radical (unpaired) electrons. The van der Waals surface area contributed by atoms with Gasteiger partial charge in [-0.2, -0.15) is 0 Å². The maximum Gasteiger partial charge on any atom is 0.252 e. The van der Waals surface area contributed by atoms with E-state index in [4.69, 9.17) is 0 Å². The Hall–Kier alpha value is -5.93. The van der Waals surface area contributed by atoms with Crippen LogP contribution in [0.15, 0.2) is 84.9 Å². The predicted molar refractivity (Wildman–Crippen MR) is 288 cm³/mol. The van der Waals surface area contributed by atoms with Crippen molar-refractivity contribution in [3.63, 3.8) is 0 Å². The maximum atomic E-state index is 2.82. The number of benzene rings is 7. The van der Waals surface area contributed by atoms with Crippen LogP contribution in [0.2, 0.25) is 0 Å². The highest BCUT2D eigenvalue weighted by molar-refractivity contribution is 7.04. The van der Waals surface area contributed by atoms with Gasteiger partial charge in [-0.15, -0.1) is 0 Å². The molecule has 4 aliphatic heterocycles. The second-order valence-electron chi connectivity index (χ2n) is 25.2. The summed E-state index contributed by atoms with van der Waals surface area (Å²) in [5.74, 6) is 0. The summed E-state index contributed by atoms with van der Waals surface area (Å²) in [6, 6.07) is 34.9. The second-order valence-corrected chi connectivity index (χ2v) is 25.2. The molecule has 7 aromatic carbocycles. The summed E-state index contributed by atoms with van der Waals surface area (Å²) >= 11 is 0. The molecule has 5 heteroatoms. The quantitative estimate of drug-likeness (QED) is 0.135. The summed E-state index contributed by atoms with van der Waals surface area (Å²) in [4.78, 5) is 0. The van der Waals surface area contributed by atoms with Crippen LogP contribution in [0.3, 0.4) is 0 Å². The fourth-order valence-corrected chi connectivity index (χ4v) is 13.6. The van der Waals surface area contributed by atoms with Gasteiger partial charge in [-0.05, 0) is 138 Å². The number of fused-ring (bicyclic) bond motifs is 13. The Morgan fingerprint density at radius 1 is 0.333 bits per heavy atom. The summed E-state index contributed by atoms with van der Waals surface area (Å²) in [6.45, 7) is 36.1. The average molecular weight is 856 g/mol. The minimum absolute atomic E-state index is 0.0358. The number of aromatic nitrogens is 3. The maximum absolute atomic E-state index is 2.82. The number of hydrogen-bond donors (Lipinski definition) is 0. The molecule has 7 heterocycles. The molecule has 0 amide bonds. The number of hydrogen-bond acceptors (Lipinski definition) is 0. The molecule has 0 bridgehead atoms. The smallest absolute Gasteiger partial charge is 0.252 e. The zero-order chi connectivity index (χ0) is 46.0. The topological polar surface area (TPSA) is 14.8 Å². The van der Waals surface area contributed by atoms with E-state index < -0.39 is 0 Å². The highest BCUT2D eigenvalue weighted by Crippen LogP contribution is 2.48. The van der Waals surface area contributed by atoms with Crippen LogP contribution in [0, 0.1) is 20.8 Å². The monoisotopic (exact) mass is 855 g/mol. The van der Waals surface area contributed by atoms with Crippen LogP contribution in [0.5, 0.6) is 0 Å². The van der Waals surface area contributed by atoms with Gasteiger partial charge in [0.2, 0.25) is 0 Å². The second kappa shape index (κ2) is 11.6. The summed E-state index contributed by atoms with van der Waals surface area (Å²) in [5.41, 5.74) is 30.7. The SMILES string of the molecule is Cc1c2c3c4c5c1-n1c6c(C)cccc6c6cc(C(C)(C)C)cc(c61)B5c1cc(C(C)(C)C)cc5c6cc(C(C)(C)C)cc(c6n-4c15)B3c1cc(C(C)(C)C)cc3c4cccc(C)c4n-2c13. The minimum Gasteiger partial charge on any atom is -0.311 e. The van der Waals surface area contributed by atoms with Crippen LogP contribution in [0.4, 0.5) is 0 Å². The lowest BCUT2D eigenvalue weighted by Crippen LogP contribution is -2.67. The first-order valence-corrected chi connectivity index (χ1v) is 24.6. The van der Waals surface area contributed by atoms with Gasteiger partial charge < -0.3 is 13.7 Å². The van der Waals surface area contributed by atoms with Crippen LogP contribution in [0.25, 0.3) is 82.5 Å². The molecular formula is C61H59B2N3. The number of nitrogens with zero attached hydrogens (tertiary/aromatic N) is 3. The van der Waals surface area contributed by atoms with Gasteiger partial charge in [0.25, 0.3) is 13.4 Å². The molecule has 0 N–H and O–H groups in total. The van der Waals surface area contributed by atoms with Crippen molar-refractivity contribution < 1.29 is 0 Å². The van der Waals surface area contributed by atoms with Gasteiger partial charge in [0.15, 0.2) is 0 Å². The third-order valence-corrected chi connectivity index (χ3v) is 16.9. The van der Waals surface area contributed by atoms with Gasteiger partial charge in [-0.25, -0.2) is 0 Å². The van der Waals surface area contributed by atoms with Crippen molar-refractivity contribution in [1.82, 2.24) is 13.7 Å². The molecule has 0 spiro atoms. The van der Waals surface area contributed by atoms with Crippen molar-refractivity contribution >= 4 is 112 Å². The van der Waals surface area contributed by atoms with Crippen LogP contribution >= 0.6 is 0 Å². The highest BCUT2D eigenvalue weighted by Gasteiger charge is 2.51. The first kappa shape index (κ1) is 39.3. The lowest BCUT2D eigenvalue weighted by molar-refractivity contribution is 0.591. The van der Waals surface area contributed by atoms with Crippen molar-refractivity contribution in [3.05, 3.63) is 124 Å². The lowest BCUT2D eigenvalue weighted by Gasteiger charge is -2.43. The number of rotatable bonds is 0. The van der Waals surface area contributed by atoms with Gasteiger partial charge in [0.05, 0.1) is 11.0 Å². The average Bonchev–Trinajstić information content (AvgIpc) is 3.88. The molecule has 0 unspecified atom stereocenters. The molecule has 0 saturated heterocycles. The molecule has 66 heavy (non-hydrogen) atoms. The summed E-state index contributed by atoms with van der Waals surface area (Å²) in [5, 5.41) is 8.27. The number of para-hydroxylation sites is 2. The molecule has 4 aliphatic rings. The molecule has 3 nitrogen and oxygen atoms in total. The predicted octanol–water partition coefficient (Wildman–Crippen LogP) is 11.4. The molecule has 14 rings (SSSR count). The van der Waals surface area contributed by atoms with E-state index in [1.165, 1.54) is 154 Å². The summed E-state index contributed by atoms with van der Waals surface area (Å²) in [6.07, 6.45) is 0. The first-order valence-electron chi connectivity index (χ1n) is 24.6. The fraction of sp³-hybridized carbons (Fsp3) is 0.311. The van der Waals surface area contributed by atoms with E-state index in [0.29, 0.717) is 0 Å². The Kier molecular flexibility index (Phi) is 6.90. The van der Waals surface area contributed by atoms with E-state index in [0.717, 1.165) is 0 Å². The Labute approximate surface area is 390 Å². The standard InChI is InChI=1S/C61H59B2N3/c1-30-18-16-20-37-39-22-33(58(4,5)6)26-43-53(39)64(49(30)37)51-32(3)52-48-57-47(51)62(43)45-28-35(60(10,11)12)24-41-42-25-36(61(13,14)15)29-46(56(42)66(57)55(41)45)63(48)44-27-34(59(7,8)9)23-40-38-21-17-19-31(2)50(38)65(52)54(40)44/h16-29H,1-15H3. The van der Waals surface area contributed by atoms with Gasteiger partial charge >= 0.3 is 0 Å². The molecule has 3 aromatic heterocycles. The van der Waals surface area contributed by atoms with Gasteiger partial charge in [0.1, 0.15) is 0 Å². The molecule has 0 aliphatic carbocycles. The van der Waals surface area contributed by atoms with Crippen molar-refractivity contribution in [1.29, 1.82) is 0 Å².